The Kier molecular flexibility index (Phi) is 5.45. The molecule has 0 spiro atoms. The Hall–Kier alpha value is -3.51. The SMILES string of the molecule is CSc1cccc(NC(=O)N2Cc3ccccc3-n3cccc3C2c2ccc(F)cc2)c1. The van der Waals surface area contributed by atoms with Gasteiger partial charge in [0.25, 0.3) is 0 Å². The first kappa shape index (κ1) is 20.4. The van der Waals surface area contributed by atoms with Gasteiger partial charge in [-0.05, 0) is 65.9 Å². The molecule has 1 N–H and O–H groups in total. The maximum Gasteiger partial charge on any atom is 0.322 e. The summed E-state index contributed by atoms with van der Waals surface area (Å²) in [5.41, 5.74) is 4.64. The highest BCUT2D eigenvalue weighted by atomic mass is 32.2. The second-order valence-electron chi connectivity index (χ2n) is 7.68. The highest BCUT2D eigenvalue weighted by Gasteiger charge is 2.33. The summed E-state index contributed by atoms with van der Waals surface area (Å²) in [5, 5.41) is 3.07. The number of hydrogen-bond acceptors (Lipinski definition) is 2. The lowest BCUT2D eigenvalue weighted by atomic mass is 10.0. The molecule has 5 rings (SSSR count). The lowest BCUT2D eigenvalue weighted by Crippen LogP contribution is -2.37. The molecule has 1 aliphatic heterocycles. The Balaban J connectivity index is 1.61. The zero-order valence-corrected chi connectivity index (χ0v) is 18.4. The number of carbonyl (C=O) groups excluding carboxylic acids is 1. The van der Waals surface area contributed by atoms with Crippen molar-refractivity contribution in [3.63, 3.8) is 0 Å². The molecule has 0 saturated heterocycles. The zero-order chi connectivity index (χ0) is 22.1. The van der Waals surface area contributed by atoms with E-state index in [1.54, 1.807) is 23.9 Å². The molecule has 0 saturated carbocycles. The van der Waals surface area contributed by atoms with Gasteiger partial charge in [0.15, 0.2) is 0 Å². The minimum Gasteiger partial charge on any atom is -0.318 e. The van der Waals surface area contributed by atoms with Crippen LogP contribution < -0.4 is 5.32 Å². The molecule has 4 aromatic rings. The Morgan fingerprint density at radius 1 is 1.00 bits per heavy atom. The quantitative estimate of drug-likeness (QED) is 0.368. The van der Waals surface area contributed by atoms with Crippen molar-refractivity contribution in [1.29, 1.82) is 0 Å². The molecular formula is C26H22FN3OS. The van der Waals surface area contributed by atoms with Gasteiger partial charge in [-0.1, -0.05) is 36.4 Å². The van der Waals surface area contributed by atoms with E-state index in [9.17, 15) is 9.18 Å². The summed E-state index contributed by atoms with van der Waals surface area (Å²) >= 11 is 1.63. The fourth-order valence-corrected chi connectivity index (χ4v) is 4.69. The summed E-state index contributed by atoms with van der Waals surface area (Å²) in [4.78, 5) is 16.5. The molecule has 1 unspecified atom stereocenters. The number of rotatable bonds is 3. The van der Waals surface area contributed by atoms with Crippen molar-refractivity contribution in [3.05, 3.63) is 114 Å². The van der Waals surface area contributed by atoms with Crippen LogP contribution in [-0.4, -0.2) is 21.8 Å². The van der Waals surface area contributed by atoms with E-state index < -0.39 is 0 Å². The molecule has 6 heteroatoms. The van der Waals surface area contributed by atoms with E-state index >= 15 is 0 Å². The zero-order valence-electron chi connectivity index (χ0n) is 17.5. The number of nitrogens with one attached hydrogen (secondary N) is 1. The van der Waals surface area contributed by atoms with Crippen molar-refractivity contribution in [1.82, 2.24) is 9.47 Å². The van der Waals surface area contributed by atoms with E-state index in [0.29, 0.717) is 6.54 Å². The van der Waals surface area contributed by atoms with E-state index in [2.05, 4.69) is 16.0 Å². The number of amides is 2. The number of hydrogen-bond donors (Lipinski definition) is 1. The van der Waals surface area contributed by atoms with Gasteiger partial charge in [0.1, 0.15) is 5.82 Å². The predicted molar refractivity (Wildman–Crippen MR) is 127 cm³/mol. The van der Waals surface area contributed by atoms with Gasteiger partial charge in [0.05, 0.1) is 18.3 Å². The monoisotopic (exact) mass is 443 g/mol. The van der Waals surface area contributed by atoms with E-state index in [4.69, 9.17) is 0 Å². The molecule has 160 valence electrons. The largest absolute Gasteiger partial charge is 0.322 e. The topological polar surface area (TPSA) is 37.3 Å². The lowest BCUT2D eigenvalue weighted by Gasteiger charge is -2.31. The number of aromatic nitrogens is 1. The first-order chi connectivity index (χ1) is 15.6. The van der Waals surface area contributed by atoms with Crippen LogP contribution >= 0.6 is 11.8 Å². The van der Waals surface area contributed by atoms with Crippen LogP contribution in [0, 0.1) is 5.82 Å². The normalized spacial score (nSPS) is 14.9. The third kappa shape index (κ3) is 3.78. The molecule has 2 amide bonds. The average molecular weight is 444 g/mol. The number of anilines is 1. The van der Waals surface area contributed by atoms with Crippen LogP contribution in [0.2, 0.25) is 0 Å². The van der Waals surface area contributed by atoms with Crippen molar-refractivity contribution < 1.29 is 9.18 Å². The standard InChI is InChI=1S/C26H22FN3OS/c1-32-22-8-4-7-21(16-22)28-26(31)30-17-19-6-2-3-9-23(19)29-15-5-10-24(29)25(30)18-11-13-20(27)14-12-18/h2-16,25H,17H2,1H3,(H,28,31). The molecule has 2 heterocycles. The van der Waals surface area contributed by atoms with Gasteiger partial charge < -0.3 is 14.8 Å². The summed E-state index contributed by atoms with van der Waals surface area (Å²) in [5.74, 6) is -0.300. The molecule has 0 bridgehead atoms. The second-order valence-corrected chi connectivity index (χ2v) is 8.56. The Bertz CT molecular complexity index is 1270. The fourth-order valence-electron chi connectivity index (χ4n) is 4.23. The molecule has 32 heavy (non-hydrogen) atoms. The second kappa shape index (κ2) is 8.55. The summed E-state index contributed by atoms with van der Waals surface area (Å²) in [7, 11) is 0. The van der Waals surface area contributed by atoms with Gasteiger partial charge in [0.2, 0.25) is 0 Å². The minimum atomic E-state index is -0.373. The van der Waals surface area contributed by atoms with Gasteiger partial charge in [0, 0.05) is 22.5 Å². The van der Waals surface area contributed by atoms with Crippen LogP contribution in [0.15, 0.2) is 96.0 Å². The molecule has 0 aliphatic carbocycles. The summed E-state index contributed by atoms with van der Waals surface area (Å²) in [6.45, 7) is 0.425. The van der Waals surface area contributed by atoms with E-state index in [1.165, 1.54) is 12.1 Å². The maximum absolute atomic E-state index is 13.7. The van der Waals surface area contributed by atoms with Crippen LogP contribution in [0.25, 0.3) is 5.69 Å². The third-order valence-corrected chi connectivity index (χ3v) is 6.46. The van der Waals surface area contributed by atoms with Gasteiger partial charge in [-0.15, -0.1) is 11.8 Å². The molecule has 0 radical (unpaired) electrons. The highest BCUT2D eigenvalue weighted by Crippen LogP contribution is 2.37. The van der Waals surface area contributed by atoms with Crippen LogP contribution in [0.3, 0.4) is 0 Å². The number of para-hydroxylation sites is 1. The Labute approximate surface area is 190 Å². The number of halogens is 1. The Morgan fingerprint density at radius 3 is 2.62 bits per heavy atom. The van der Waals surface area contributed by atoms with Crippen LogP contribution in [0.5, 0.6) is 0 Å². The molecule has 4 nitrogen and oxygen atoms in total. The van der Waals surface area contributed by atoms with E-state index in [1.807, 2.05) is 71.9 Å². The smallest absolute Gasteiger partial charge is 0.318 e. The molecule has 1 aromatic heterocycles. The number of benzene rings is 3. The summed E-state index contributed by atoms with van der Waals surface area (Å²) in [6, 6.07) is 25.7. The number of fused-ring (bicyclic) bond motifs is 3. The minimum absolute atomic E-state index is 0.206. The molecule has 1 aliphatic rings. The van der Waals surface area contributed by atoms with Crippen LogP contribution in [0.1, 0.15) is 22.9 Å². The number of carbonyl (C=O) groups is 1. The number of urea groups is 1. The van der Waals surface area contributed by atoms with E-state index in [-0.39, 0.29) is 17.9 Å². The van der Waals surface area contributed by atoms with E-state index in [0.717, 1.165) is 33.1 Å². The van der Waals surface area contributed by atoms with Crippen LogP contribution in [0.4, 0.5) is 14.9 Å². The predicted octanol–water partition coefficient (Wildman–Crippen LogP) is 6.48. The third-order valence-electron chi connectivity index (χ3n) is 5.73. The van der Waals surface area contributed by atoms with Crippen molar-refractivity contribution in [3.8, 4) is 5.69 Å². The van der Waals surface area contributed by atoms with Crippen molar-refractivity contribution in [2.24, 2.45) is 0 Å². The molecule has 1 atom stereocenters. The van der Waals surface area contributed by atoms with Crippen molar-refractivity contribution in [2.75, 3.05) is 11.6 Å². The number of nitrogens with zero attached hydrogens (tertiary/aromatic N) is 2. The molecule has 3 aromatic carbocycles. The fraction of sp³-hybridized carbons (Fsp3) is 0.115. The van der Waals surface area contributed by atoms with Gasteiger partial charge in [-0.25, -0.2) is 9.18 Å². The van der Waals surface area contributed by atoms with Crippen molar-refractivity contribution in [2.45, 2.75) is 17.5 Å². The van der Waals surface area contributed by atoms with Gasteiger partial charge in [-0.2, -0.15) is 0 Å². The lowest BCUT2D eigenvalue weighted by molar-refractivity contribution is 0.194. The summed E-state index contributed by atoms with van der Waals surface area (Å²) < 4.78 is 15.8. The Morgan fingerprint density at radius 2 is 1.81 bits per heavy atom. The summed E-state index contributed by atoms with van der Waals surface area (Å²) in [6.07, 6.45) is 4.01. The van der Waals surface area contributed by atoms with Crippen molar-refractivity contribution >= 4 is 23.5 Å². The first-order valence-electron chi connectivity index (χ1n) is 10.4. The van der Waals surface area contributed by atoms with Gasteiger partial charge >= 0.3 is 6.03 Å². The molecule has 0 fully saturated rings. The van der Waals surface area contributed by atoms with Gasteiger partial charge in [-0.3, -0.25) is 0 Å². The average Bonchev–Trinajstić information content (AvgIpc) is 3.24. The van der Waals surface area contributed by atoms with Crippen LogP contribution in [-0.2, 0) is 6.54 Å². The maximum atomic E-state index is 13.7. The first-order valence-corrected chi connectivity index (χ1v) is 11.6. The number of thioether (sulfide) groups is 1. The molecular weight excluding hydrogens is 421 g/mol. The highest BCUT2D eigenvalue weighted by molar-refractivity contribution is 7.98.